The summed E-state index contributed by atoms with van der Waals surface area (Å²) < 4.78 is 0. The normalized spacial score (nSPS) is 27.1. The van der Waals surface area contributed by atoms with Gasteiger partial charge in [-0.25, -0.2) is 0 Å². The van der Waals surface area contributed by atoms with E-state index in [4.69, 9.17) is 0 Å². The molecule has 0 saturated carbocycles. The Morgan fingerprint density at radius 3 is 2.90 bits per heavy atom. The second-order valence-corrected chi connectivity index (χ2v) is 6.48. The molecule has 21 heavy (non-hydrogen) atoms. The molecule has 3 nitrogen and oxygen atoms in total. The van der Waals surface area contributed by atoms with Gasteiger partial charge in [0.05, 0.1) is 5.52 Å². The Labute approximate surface area is 127 Å². The van der Waals surface area contributed by atoms with Crippen molar-refractivity contribution in [2.75, 3.05) is 13.6 Å². The summed E-state index contributed by atoms with van der Waals surface area (Å²) in [6.45, 7) is 6.74. The molecule has 2 heterocycles. The minimum atomic E-state index is 0.593. The molecule has 0 radical (unpaired) electrons. The van der Waals surface area contributed by atoms with Gasteiger partial charge < -0.3 is 10.2 Å². The molecular formula is C18H25N3. The highest BCUT2D eigenvalue weighted by atomic mass is 15.2. The highest BCUT2D eigenvalue weighted by Crippen LogP contribution is 2.22. The molecule has 0 spiro atoms. The summed E-state index contributed by atoms with van der Waals surface area (Å²) in [5.41, 5.74) is 2.42. The zero-order valence-electron chi connectivity index (χ0n) is 13.2. The maximum atomic E-state index is 4.54. The van der Waals surface area contributed by atoms with Crippen molar-refractivity contribution in [3.63, 3.8) is 0 Å². The molecule has 1 aliphatic rings. The van der Waals surface area contributed by atoms with E-state index in [0.717, 1.165) is 12.1 Å². The van der Waals surface area contributed by atoms with Crippen LogP contribution >= 0.6 is 0 Å². The molecule has 1 N–H and O–H groups in total. The molecule has 0 aliphatic carbocycles. The van der Waals surface area contributed by atoms with Crippen molar-refractivity contribution in [3.05, 3.63) is 42.1 Å². The first kappa shape index (κ1) is 14.5. The van der Waals surface area contributed by atoms with Crippen molar-refractivity contribution in [3.8, 4) is 0 Å². The summed E-state index contributed by atoms with van der Waals surface area (Å²) in [6.07, 6.45) is 3.10. The van der Waals surface area contributed by atoms with Gasteiger partial charge >= 0.3 is 0 Å². The third kappa shape index (κ3) is 3.09. The Bertz CT molecular complexity index is 605. The lowest BCUT2D eigenvalue weighted by molar-refractivity contribution is 0.121. The van der Waals surface area contributed by atoms with Crippen LogP contribution in [0.5, 0.6) is 0 Å². The van der Waals surface area contributed by atoms with E-state index in [1.165, 1.54) is 23.9 Å². The quantitative estimate of drug-likeness (QED) is 0.938. The van der Waals surface area contributed by atoms with Crippen LogP contribution in [0, 0.1) is 5.92 Å². The molecule has 3 atom stereocenters. The van der Waals surface area contributed by atoms with Crippen LogP contribution in [-0.2, 0) is 6.54 Å². The van der Waals surface area contributed by atoms with Crippen LogP contribution in [-0.4, -0.2) is 35.6 Å². The SMILES string of the molecule is CC1CN(C)C(C)CC1NCc1cccc2cccnc12. The number of fused-ring (bicyclic) bond motifs is 1. The van der Waals surface area contributed by atoms with Crippen LogP contribution in [0.4, 0.5) is 0 Å². The molecule has 1 aromatic carbocycles. The highest BCUT2D eigenvalue weighted by molar-refractivity contribution is 5.81. The molecule has 1 aromatic heterocycles. The lowest BCUT2D eigenvalue weighted by atomic mass is 9.89. The van der Waals surface area contributed by atoms with Gasteiger partial charge in [0.15, 0.2) is 0 Å². The average Bonchev–Trinajstić information content (AvgIpc) is 2.49. The number of rotatable bonds is 3. The Morgan fingerprint density at radius 2 is 2.05 bits per heavy atom. The first-order valence-electron chi connectivity index (χ1n) is 7.91. The monoisotopic (exact) mass is 283 g/mol. The third-order valence-electron chi connectivity index (χ3n) is 4.88. The van der Waals surface area contributed by atoms with Crippen molar-refractivity contribution in [2.24, 2.45) is 5.92 Å². The van der Waals surface area contributed by atoms with Crippen molar-refractivity contribution >= 4 is 10.9 Å². The van der Waals surface area contributed by atoms with E-state index in [9.17, 15) is 0 Å². The predicted octanol–water partition coefficient (Wildman–Crippen LogP) is 3.05. The van der Waals surface area contributed by atoms with Crippen LogP contribution < -0.4 is 5.32 Å². The number of likely N-dealkylation sites (tertiary alicyclic amines) is 1. The van der Waals surface area contributed by atoms with Gasteiger partial charge in [0.25, 0.3) is 0 Å². The largest absolute Gasteiger partial charge is 0.309 e. The van der Waals surface area contributed by atoms with Gasteiger partial charge in [-0.2, -0.15) is 0 Å². The molecule has 3 rings (SSSR count). The Morgan fingerprint density at radius 1 is 1.24 bits per heavy atom. The number of benzene rings is 1. The highest BCUT2D eigenvalue weighted by Gasteiger charge is 2.28. The molecular weight excluding hydrogens is 258 g/mol. The maximum Gasteiger partial charge on any atom is 0.0746 e. The number of hydrogen-bond acceptors (Lipinski definition) is 3. The molecule has 3 heteroatoms. The van der Waals surface area contributed by atoms with Crippen molar-refractivity contribution in [2.45, 2.75) is 38.9 Å². The fraction of sp³-hybridized carbons (Fsp3) is 0.500. The minimum Gasteiger partial charge on any atom is -0.309 e. The van der Waals surface area contributed by atoms with Gasteiger partial charge in [0, 0.05) is 36.8 Å². The van der Waals surface area contributed by atoms with Crippen LogP contribution in [0.1, 0.15) is 25.8 Å². The smallest absolute Gasteiger partial charge is 0.0746 e. The van der Waals surface area contributed by atoms with Gasteiger partial charge in [-0.1, -0.05) is 31.2 Å². The molecule has 3 unspecified atom stereocenters. The minimum absolute atomic E-state index is 0.593. The van der Waals surface area contributed by atoms with Crippen molar-refractivity contribution in [1.82, 2.24) is 15.2 Å². The zero-order chi connectivity index (χ0) is 14.8. The number of hydrogen-bond donors (Lipinski definition) is 1. The summed E-state index contributed by atoms with van der Waals surface area (Å²) in [4.78, 5) is 7.00. The molecule has 1 fully saturated rings. The van der Waals surface area contributed by atoms with Crippen LogP contribution in [0.3, 0.4) is 0 Å². The van der Waals surface area contributed by atoms with Gasteiger partial charge in [0.2, 0.25) is 0 Å². The van der Waals surface area contributed by atoms with Crippen LogP contribution in [0.15, 0.2) is 36.5 Å². The van der Waals surface area contributed by atoms with Crippen molar-refractivity contribution < 1.29 is 0 Å². The van der Waals surface area contributed by atoms with E-state index >= 15 is 0 Å². The number of aromatic nitrogens is 1. The standard InChI is InChI=1S/C18H25N3/c1-13-12-21(3)14(2)10-17(13)20-11-16-7-4-6-15-8-5-9-19-18(15)16/h4-9,13-14,17,20H,10-12H2,1-3H3. The Balaban J connectivity index is 1.72. The number of nitrogens with zero attached hydrogens (tertiary/aromatic N) is 2. The summed E-state index contributed by atoms with van der Waals surface area (Å²) in [7, 11) is 2.23. The first-order chi connectivity index (χ1) is 10.1. The van der Waals surface area contributed by atoms with E-state index in [1.807, 2.05) is 12.3 Å². The van der Waals surface area contributed by atoms with E-state index < -0.39 is 0 Å². The van der Waals surface area contributed by atoms with E-state index in [0.29, 0.717) is 18.0 Å². The van der Waals surface area contributed by atoms with Gasteiger partial charge in [-0.3, -0.25) is 4.98 Å². The Hall–Kier alpha value is -1.45. The van der Waals surface area contributed by atoms with Gasteiger partial charge in [0.1, 0.15) is 0 Å². The fourth-order valence-corrected chi connectivity index (χ4v) is 3.38. The summed E-state index contributed by atoms with van der Waals surface area (Å²) in [6, 6.07) is 11.8. The van der Waals surface area contributed by atoms with Crippen LogP contribution in [0.25, 0.3) is 10.9 Å². The molecule has 2 aromatic rings. The number of nitrogens with one attached hydrogen (secondary N) is 1. The second-order valence-electron chi connectivity index (χ2n) is 6.48. The fourth-order valence-electron chi connectivity index (χ4n) is 3.38. The number of piperidine rings is 1. The summed E-state index contributed by atoms with van der Waals surface area (Å²) in [5, 5.41) is 4.99. The second kappa shape index (κ2) is 6.12. The van der Waals surface area contributed by atoms with E-state index in [2.05, 4.69) is 60.4 Å². The molecule has 0 amide bonds. The Kier molecular flexibility index (Phi) is 4.22. The van der Waals surface area contributed by atoms with E-state index in [-0.39, 0.29) is 0 Å². The third-order valence-corrected chi connectivity index (χ3v) is 4.88. The van der Waals surface area contributed by atoms with Gasteiger partial charge in [-0.15, -0.1) is 0 Å². The number of para-hydroxylation sites is 1. The van der Waals surface area contributed by atoms with E-state index in [1.54, 1.807) is 0 Å². The molecule has 112 valence electrons. The lowest BCUT2D eigenvalue weighted by Gasteiger charge is -2.40. The summed E-state index contributed by atoms with van der Waals surface area (Å²) >= 11 is 0. The summed E-state index contributed by atoms with van der Waals surface area (Å²) in [5.74, 6) is 0.689. The predicted molar refractivity (Wildman–Crippen MR) is 88.2 cm³/mol. The average molecular weight is 283 g/mol. The first-order valence-corrected chi connectivity index (χ1v) is 7.91. The molecule has 1 aliphatic heterocycles. The van der Waals surface area contributed by atoms with Crippen LogP contribution in [0.2, 0.25) is 0 Å². The molecule has 1 saturated heterocycles. The van der Waals surface area contributed by atoms with Crippen molar-refractivity contribution in [1.29, 1.82) is 0 Å². The number of pyridine rings is 1. The maximum absolute atomic E-state index is 4.54. The topological polar surface area (TPSA) is 28.2 Å². The van der Waals surface area contributed by atoms with Gasteiger partial charge in [-0.05, 0) is 37.9 Å². The zero-order valence-corrected chi connectivity index (χ0v) is 13.2. The molecule has 0 bridgehead atoms. The lowest BCUT2D eigenvalue weighted by Crippen LogP contribution is -2.50.